The number of ether oxygens (including phenoxy) is 1. The Morgan fingerprint density at radius 2 is 1.88 bits per heavy atom. The topological polar surface area (TPSA) is 94.1 Å². The van der Waals surface area contributed by atoms with Crippen LogP contribution in [0.25, 0.3) is 0 Å². The van der Waals surface area contributed by atoms with Crippen LogP contribution in [0.3, 0.4) is 0 Å². The normalized spacial score (nSPS) is 15.5. The number of amides is 1. The standard InChI is InChI=1S/C23H18BrClN2O5S/c1-31-18-10-17(11-20(12-18)33(29,30)19-7-5-16(25)6-8-19)26-23(28)22-13-21(27-32-22)14-3-2-4-15(24)9-14/h2-12,22H,13H2,1H3,(H,26,28). The van der Waals surface area contributed by atoms with E-state index in [9.17, 15) is 13.2 Å². The molecule has 0 aliphatic carbocycles. The van der Waals surface area contributed by atoms with Crippen LogP contribution >= 0.6 is 27.5 Å². The molecule has 0 saturated heterocycles. The highest BCUT2D eigenvalue weighted by Gasteiger charge is 2.29. The zero-order valence-electron chi connectivity index (χ0n) is 17.3. The number of nitrogens with one attached hydrogen (secondary N) is 1. The van der Waals surface area contributed by atoms with Gasteiger partial charge in [-0.2, -0.15) is 0 Å². The van der Waals surface area contributed by atoms with E-state index in [2.05, 4.69) is 26.4 Å². The van der Waals surface area contributed by atoms with Crippen molar-refractivity contribution in [3.63, 3.8) is 0 Å². The van der Waals surface area contributed by atoms with Gasteiger partial charge in [-0.1, -0.05) is 44.8 Å². The number of sulfone groups is 1. The molecule has 3 aromatic rings. The Bertz CT molecular complexity index is 1340. The van der Waals surface area contributed by atoms with E-state index in [-0.39, 0.29) is 27.6 Å². The first-order valence-electron chi connectivity index (χ1n) is 9.75. The Morgan fingerprint density at radius 3 is 2.58 bits per heavy atom. The second-order valence-corrected chi connectivity index (χ2v) is 10.5. The zero-order chi connectivity index (χ0) is 23.6. The molecule has 0 radical (unpaired) electrons. The van der Waals surface area contributed by atoms with Crippen molar-refractivity contribution in [2.24, 2.45) is 5.16 Å². The quantitative estimate of drug-likeness (QED) is 0.463. The molecular weight excluding hydrogens is 532 g/mol. The summed E-state index contributed by atoms with van der Waals surface area (Å²) in [6, 6.07) is 17.7. The van der Waals surface area contributed by atoms with Gasteiger partial charge in [0.05, 0.1) is 22.6 Å². The average Bonchev–Trinajstić information content (AvgIpc) is 3.30. The summed E-state index contributed by atoms with van der Waals surface area (Å²) in [6.07, 6.45) is -0.566. The smallest absolute Gasteiger partial charge is 0.268 e. The van der Waals surface area contributed by atoms with Crippen molar-refractivity contribution in [1.29, 1.82) is 0 Å². The molecule has 1 atom stereocenters. The molecule has 1 N–H and O–H groups in total. The van der Waals surface area contributed by atoms with Gasteiger partial charge in [0.15, 0.2) is 0 Å². The van der Waals surface area contributed by atoms with Crippen LogP contribution in [0.4, 0.5) is 5.69 Å². The van der Waals surface area contributed by atoms with Gasteiger partial charge >= 0.3 is 0 Å². The van der Waals surface area contributed by atoms with Gasteiger partial charge in [0.1, 0.15) is 5.75 Å². The molecule has 33 heavy (non-hydrogen) atoms. The maximum atomic E-state index is 13.1. The van der Waals surface area contributed by atoms with Crippen molar-refractivity contribution in [3.05, 3.63) is 81.8 Å². The summed E-state index contributed by atoms with van der Waals surface area (Å²) in [5, 5.41) is 7.16. The lowest BCUT2D eigenvalue weighted by atomic mass is 10.0. The van der Waals surface area contributed by atoms with Gasteiger partial charge in [0.25, 0.3) is 5.91 Å². The summed E-state index contributed by atoms with van der Waals surface area (Å²) in [5.74, 6) is -0.175. The second-order valence-electron chi connectivity index (χ2n) is 7.19. The minimum absolute atomic E-state index is 0.0297. The number of carbonyl (C=O) groups excluding carboxylic acids is 1. The summed E-state index contributed by atoms with van der Waals surface area (Å²) in [6.45, 7) is 0. The van der Waals surface area contributed by atoms with Crippen molar-refractivity contribution >= 4 is 54.7 Å². The van der Waals surface area contributed by atoms with E-state index in [0.29, 0.717) is 10.7 Å². The molecule has 0 aromatic heterocycles. The van der Waals surface area contributed by atoms with E-state index < -0.39 is 21.8 Å². The van der Waals surface area contributed by atoms with Crippen LogP contribution in [-0.4, -0.2) is 33.3 Å². The van der Waals surface area contributed by atoms with Crippen molar-refractivity contribution in [2.45, 2.75) is 22.3 Å². The molecule has 7 nitrogen and oxygen atoms in total. The molecule has 170 valence electrons. The molecule has 1 amide bonds. The highest BCUT2D eigenvalue weighted by atomic mass is 79.9. The molecular formula is C23H18BrClN2O5S. The van der Waals surface area contributed by atoms with Crippen LogP contribution in [0.15, 0.2) is 86.1 Å². The monoisotopic (exact) mass is 548 g/mol. The SMILES string of the molecule is COc1cc(NC(=O)C2CC(c3cccc(Br)c3)=NO2)cc(S(=O)(=O)c2ccc(Cl)cc2)c1. The van der Waals surface area contributed by atoms with Crippen LogP contribution in [0.5, 0.6) is 5.75 Å². The Balaban J connectivity index is 1.54. The summed E-state index contributed by atoms with van der Waals surface area (Å²) >= 11 is 9.28. The van der Waals surface area contributed by atoms with E-state index in [4.69, 9.17) is 21.2 Å². The van der Waals surface area contributed by atoms with Crippen LogP contribution in [-0.2, 0) is 19.5 Å². The Kier molecular flexibility index (Phi) is 6.73. The zero-order valence-corrected chi connectivity index (χ0v) is 20.4. The fraction of sp³-hybridized carbons (Fsp3) is 0.130. The van der Waals surface area contributed by atoms with Crippen LogP contribution in [0, 0.1) is 0 Å². The number of hydrogen-bond acceptors (Lipinski definition) is 6. The number of nitrogens with zero attached hydrogens (tertiary/aromatic N) is 1. The first kappa shape index (κ1) is 23.3. The van der Waals surface area contributed by atoms with E-state index in [1.165, 1.54) is 49.6 Å². The first-order valence-corrected chi connectivity index (χ1v) is 12.4. The van der Waals surface area contributed by atoms with Crippen LogP contribution < -0.4 is 10.1 Å². The number of methoxy groups -OCH3 is 1. The van der Waals surface area contributed by atoms with Gasteiger partial charge in [-0.15, -0.1) is 0 Å². The number of rotatable bonds is 6. The minimum Gasteiger partial charge on any atom is -0.497 e. The lowest BCUT2D eigenvalue weighted by molar-refractivity contribution is -0.125. The van der Waals surface area contributed by atoms with Crippen molar-refractivity contribution in [1.82, 2.24) is 0 Å². The third-order valence-electron chi connectivity index (χ3n) is 4.94. The third-order valence-corrected chi connectivity index (χ3v) is 7.43. The van der Waals surface area contributed by atoms with E-state index >= 15 is 0 Å². The van der Waals surface area contributed by atoms with Gasteiger partial charge in [0, 0.05) is 33.2 Å². The number of oxime groups is 1. The highest BCUT2D eigenvalue weighted by molar-refractivity contribution is 9.10. The van der Waals surface area contributed by atoms with Gasteiger partial charge in [0.2, 0.25) is 15.9 Å². The molecule has 4 rings (SSSR count). The Labute approximate surface area is 204 Å². The predicted molar refractivity (Wildman–Crippen MR) is 129 cm³/mol. The number of halogens is 2. The summed E-state index contributed by atoms with van der Waals surface area (Å²) in [7, 11) is -2.45. The number of anilines is 1. The molecule has 0 fully saturated rings. The lowest BCUT2D eigenvalue weighted by Crippen LogP contribution is -2.28. The fourth-order valence-electron chi connectivity index (χ4n) is 3.25. The largest absolute Gasteiger partial charge is 0.497 e. The molecule has 3 aromatic carbocycles. The molecule has 0 saturated carbocycles. The number of hydrogen-bond donors (Lipinski definition) is 1. The molecule has 1 unspecified atom stereocenters. The van der Waals surface area contributed by atoms with Gasteiger partial charge in [-0.05, 0) is 48.5 Å². The van der Waals surface area contributed by atoms with Crippen molar-refractivity contribution in [2.75, 3.05) is 12.4 Å². The van der Waals surface area contributed by atoms with Crippen molar-refractivity contribution in [3.8, 4) is 5.75 Å². The average molecular weight is 550 g/mol. The predicted octanol–water partition coefficient (Wildman–Crippen LogP) is 5.08. The van der Waals surface area contributed by atoms with E-state index in [1.807, 2.05) is 24.3 Å². The van der Waals surface area contributed by atoms with Crippen molar-refractivity contribution < 1.29 is 22.8 Å². The molecule has 1 aliphatic rings. The van der Waals surface area contributed by atoms with Gasteiger partial charge in [-0.25, -0.2) is 8.42 Å². The van der Waals surface area contributed by atoms with Gasteiger partial charge in [-0.3, -0.25) is 4.79 Å². The molecule has 0 spiro atoms. The van der Waals surface area contributed by atoms with Gasteiger partial charge < -0.3 is 14.9 Å². The Hall–Kier alpha value is -2.88. The van der Waals surface area contributed by atoms with Crippen LogP contribution in [0.1, 0.15) is 12.0 Å². The first-order chi connectivity index (χ1) is 15.8. The maximum Gasteiger partial charge on any atom is 0.268 e. The highest BCUT2D eigenvalue weighted by Crippen LogP contribution is 2.30. The summed E-state index contributed by atoms with van der Waals surface area (Å²) in [5.41, 5.74) is 1.75. The number of carbonyl (C=O) groups is 1. The molecule has 1 aliphatic heterocycles. The van der Waals surface area contributed by atoms with E-state index in [1.54, 1.807) is 0 Å². The third kappa shape index (κ3) is 5.21. The summed E-state index contributed by atoms with van der Waals surface area (Å²) < 4.78 is 32.3. The molecule has 10 heteroatoms. The minimum atomic E-state index is -3.86. The number of benzene rings is 3. The van der Waals surface area contributed by atoms with Crippen LogP contribution in [0.2, 0.25) is 5.02 Å². The fourth-order valence-corrected chi connectivity index (χ4v) is 5.09. The Morgan fingerprint density at radius 1 is 1.12 bits per heavy atom. The molecule has 0 bridgehead atoms. The molecule has 1 heterocycles. The summed E-state index contributed by atoms with van der Waals surface area (Å²) in [4.78, 5) is 18.2. The van der Waals surface area contributed by atoms with E-state index in [0.717, 1.165) is 10.0 Å². The maximum absolute atomic E-state index is 13.1. The lowest BCUT2D eigenvalue weighted by Gasteiger charge is -2.13. The second kappa shape index (κ2) is 9.54.